The minimum absolute atomic E-state index is 0.189. The summed E-state index contributed by atoms with van der Waals surface area (Å²) in [6, 6.07) is 12.6. The van der Waals surface area contributed by atoms with Crippen LogP contribution in [0.5, 0.6) is 0 Å². The quantitative estimate of drug-likeness (QED) is 0.832. The predicted octanol–water partition coefficient (Wildman–Crippen LogP) is 4.05. The van der Waals surface area contributed by atoms with Gasteiger partial charge in [0.15, 0.2) is 6.10 Å². The normalized spacial score (nSPS) is 11.2. The standard InChI is InChI=1S/C17H12Cl2N2O3/c1-10(16(22)21-15-8-13(18)5-6-14(15)19)24-17(23)12-4-2-3-11(7-12)9-20/h2-8,10H,1H3,(H,21,22)/t10-/m0/s1. The number of anilines is 1. The number of esters is 1. The predicted molar refractivity (Wildman–Crippen MR) is 91.1 cm³/mol. The average molecular weight is 363 g/mol. The maximum atomic E-state index is 12.1. The molecule has 2 aromatic rings. The molecule has 0 saturated carbocycles. The lowest BCUT2D eigenvalue weighted by molar-refractivity contribution is -0.123. The van der Waals surface area contributed by atoms with E-state index in [-0.39, 0.29) is 5.56 Å². The fraction of sp³-hybridized carbons (Fsp3) is 0.118. The molecule has 0 spiro atoms. The number of rotatable bonds is 4. The second-order valence-corrected chi connectivity index (χ2v) is 5.70. The van der Waals surface area contributed by atoms with Gasteiger partial charge in [-0.25, -0.2) is 4.79 Å². The van der Waals surface area contributed by atoms with Gasteiger partial charge in [-0.05, 0) is 43.3 Å². The zero-order valence-corrected chi connectivity index (χ0v) is 14.1. The van der Waals surface area contributed by atoms with E-state index in [1.807, 2.05) is 6.07 Å². The average Bonchev–Trinajstić information content (AvgIpc) is 2.58. The first-order chi connectivity index (χ1) is 11.4. The smallest absolute Gasteiger partial charge is 0.338 e. The Labute approximate surface area is 148 Å². The molecule has 0 aliphatic carbocycles. The minimum atomic E-state index is -1.06. The first kappa shape index (κ1) is 17.8. The van der Waals surface area contributed by atoms with E-state index in [2.05, 4.69) is 5.32 Å². The van der Waals surface area contributed by atoms with Crippen molar-refractivity contribution in [1.29, 1.82) is 5.26 Å². The molecule has 7 heteroatoms. The second kappa shape index (κ2) is 7.82. The highest BCUT2D eigenvalue weighted by Crippen LogP contribution is 2.25. The SMILES string of the molecule is C[C@H](OC(=O)c1cccc(C#N)c1)C(=O)Nc1cc(Cl)ccc1Cl. The van der Waals surface area contributed by atoms with Crippen molar-refractivity contribution in [3.63, 3.8) is 0 Å². The number of nitrogens with zero attached hydrogens (tertiary/aromatic N) is 1. The largest absolute Gasteiger partial charge is 0.449 e. The monoisotopic (exact) mass is 362 g/mol. The van der Waals surface area contributed by atoms with Gasteiger partial charge in [0.25, 0.3) is 5.91 Å². The summed E-state index contributed by atoms with van der Waals surface area (Å²) in [5.74, 6) is -1.25. The van der Waals surface area contributed by atoms with E-state index in [1.165, 1.54) is 25.1 Å². The molecule has 0 saturated heterocycles. The highest BCUT2D eigenvalue weighted by molar-refractivity contribution is 6.35. The Morgan fingerprint density at radius 3 is 2.67 bits per heavy atom. The van der Waals surface area contributed by atoms with Gasteiger partial charge in [0.05, 0.1) is 27.9 Å². The van der Waals surface area contributed by atoms with Crippen LogP contribution in [0.4, 0.5) is 5.69 Å². The molecular formula is C17H12Cl2N2O3. The molecule has 0 aromatic heterocycles. The fourth-order valence-corrected chi connectivity index (χ4v) is 2.16. The van der Waals surface area contributed by atoms with Crippen molar-refractivity contribution in [3.8, 4) is 6.07 Å². The van der Waals surface area contributed by atoms with Gasteiger partial charge in [-0.1, -0.05) is 29.3 Å². The Balaban J connectivity index is 2.04. The lowest BCUT2D eigenvalue weighted by Gasteiger charge is -2.14. The maximum absolute atomic E-state index is 12.1. The molecule has 5 nitrogen and oxygen atoms in total. The number of ether oxygens (including phenoxy) is 1. The van der Waals surface area contributed by atoms with Gasteiger partial charge in [0.2, 0.25) is 0 Å². The first-order valence-electron chi connectivity index (χ1n) is 6.88. The van der Waals surface area contributed by atoms with E-state index in [1.54, 1.807) is 24.3 Å². The van der Waals surface area contributed by atoms with Gasteiger partial charge in [-0.15, -0.1) is 0 Å². The van der Waals surface area contributed by atoms with Crippen LogP contribution in [0.15, 0.2) is 42.5 Å². The molecule has 122 valence electrons. The maximum Gasteiger partial charge on any atom is 0.338 e. The van der Waals surface area contributed by atoms with Crippen molar-refractivity contribution in [3.05, 3.63) is 63.6 Å². The number of carbonyl (C=O) groups excluding carboxylic acids is 2. The van der Waals surface area contributed by atoms with Gasteiger partial charge in [-0.3, -0.25) is 4.79 Å². The van der Waals surface area contributed by atoms with E-state index >= 15 is 0 Å². The summed E-state index contributed by atoms with van der Waals surface area (Å²) >= 11 is 11.8. The highest BCUT2D eigenvalue weighted by atomic mass is 35.5. The van der Waals surface area contributed by atoms with Crippen LogP contribution in [0.2, 0.25) is 10.0 Å². The van der Waals surface area contributed by atoms with E-state index < -0.39 is 18.0 Å². The third-order valence-electron chi connectivity index (χ3n) is 3.07. The molecule has 2 rings (SSSR count). The van der Waals surface area contributed by atoms with Crippen LogP contribution in [0, 0.1) is 11.3 Å². The van der Waals surface area contributed by atoms with Gasteiger partial charge < -0.3 is 10.1 Å². The number of halogens is 2. The van der Waals surface area contributed by atoms with Crippen LogP contribution in [0.1, 0.15) is 22.8 Å². The van der Waals surface area contributed by atoms with Crippen molar-refractivity contribution < 1.29 is 14.3 Å². The molecule has 1 N–H and O–H groups in total. The summed E-state index contributed by atoms with van der Waals surface area (Å²) in [4.78, 5) is 24.2. The number of nitriles is 1. The Morgan fingerprint density at radius 2 is 1.96 bits per heavy atom. The highest BCUT2D eigenvalue weighted by Gasteiger charge is 2.20. The van der Waals surface area contributed by atoms with Crippen molar-refractivity contribution >= 4 is 40.8 Å². The van der Waals surface area contributed by atoms with E-state index in [4.69, 9.17) is 33.2 Å². The lowest BCUT2D eigenvalue weighted by Crippen LogP contribution is -2.30. The van der Waals surface area contributed by atoms with Crippen molar-refractivity contribution in [1.82, 2.24) is 0 Å². The Hall–Kier alpha value is -2.55. The van der Waals surface area contributed by atoms with Crippen LogP contribution < -0.4 is 5.32 Å². The Morgan fingerprint density at radius 1 is 1.21 bits per heavy atom. The van der Waals surface area contributed by atoms with Crippen molar-refractivity contribution in [2.24, 2.45) is 0 Å². The van der Waals surface area contributed by atoms with E-state index in [9.17, 15) is 9.59 Å². The summed E-state index contributed by atoms with van der Waals surface area (Å²) < 4.78 is 5.10. The molecule has 0 aliphatic rings. The number of amides is 1. The molecule has 0 bridgehead atoms. The molecule has 0 aliphatic heterocycles. The fourth-order valence-electron chi connectivity index (χ4n) is 1.83. The van der Waals surface area contributed by atoms with Gasteiger partial charge in [-0.2, -0.15) is 5.26 Å². The molecule has 0 unspecified atom stereocenters. The molecule has 1 atom stereocenters. The van der Waals surface area contributed by atoms with Crippen LogP contribution in [0.25, 0.3) is 0 Å². The number of benzene rings is 2. The zero-order chi connectivity index (χ0) is 17.7. The molecule has 2 aromatic carbocycles. The summed E-state index contributed by atoms with van der Waals surface area (Å²) in [7, 11) is 0. The van der Waals surface area contributed by atoms with Crippen LogP contribution >= 0.6 is 23.2 Å². The lowest BCUT2D eigenvalue weighted by atomic mass is 10.1. The summed E-state index contributed by atoms with van der Waals surface area (Å²) in [5, 5.41) is 12.1. The summed E-state index contributed by atoms with van der Waals surface area (Å²) in [6.07, 6.45) is -1.06. The van der Waals surface area contributed by atoms with E-state index in [0.717, 1.165) is 0 Å². The van der Waals surface area contributed by atoms with E-state index in [0.29, 0.717) is 21.3 Å². The molecular weight excluding hydrogens is 351 g/mol. The van der Waals surface area contributed by atoms with Gasteiger partial charge >= 0.3 is 5.97 Å². The minimum Gasteiger partial charge on any atom is -0.449 e. The number of carbonyl (C=O) groups is 2. The summed E-state index contributed by atoms with van der Waals surface area (Å²) in [6.45, 7) is 1.43. The second-order valence-electron chi connectivity index (χ2n) is 4.85. The first-order valence-corrected chi connectivity index (χ1v) is 7.63. The van der Waals surface area contributed by atoms with Crippen molar-refractivity contribution in [2.45, 2.75) is 13.0 Å². The Bertz CT molecular complexity index is 831. The van der Waals surface area contributed by atoms with Crippen LogP contribution in [0.3, 0.4) is 0 Å². The molecule has 24 heavy (non-hydrogen) atoms. The number of hydrogen-bond acceptors (Lipinski definition) is 4. The number of hydrogen-bond donors (Lipinski definition) is 1. The molecule has 1 amide bonds. The Kier molecular flexibility index (Phi) is 5.80. The number of nitrogens with one attached hydrogen (secondary N) is 1. The zero-order valence-electron chi connectivity index (χ0n) is 12.5. The van der Waals surface area contributed by atoms with Crippen LogP contribution in [-0.4, -0.2) is 18.0 Å². The van der Waals surface area contributed by atoms with Crippen LogP contribution in [-0.2, 0) is 9.53 Å². The third-order valence-corrected chi connectivity index (χ3v) is 3.63. The third kappa shape index (κ3) is 4.48. The molecule has 0 fully saturated rings. The summed E-state index contributed by atoms with van der Waals surface area (Å²) in [5.41, 5.74) is 0.838. The molecule has 0 radical (unpaired) electrons. The van der Waals surface area contributed by atoms with Gasteiger partial charge in [0.1, 0.15) is 0 Å². The molecule has 0 heterocycles. The van der Waals surface area contributed by atoms with Gasteiger partial charge in [0, 0.05) is 5.02 Å². The van der Waals surface area contributed by atoms with Crippen molar-refractivity contribution in [2.75, 3.05) is 5.32 Å². The topological polar surface area (TPSA) is 79.2 Å².